The molecular formula is C12H13BrN2O4S. The van der Waals surface area contributed by atoms with Crippen molar-refractivity contribution in [3.63, 3.8) is 0 Å². The Morgan fingerprint density at radius 1 is 1.45 bits per heavy atom. The molecule has 2 rings (SSSR count). The average Bonchev–Trinajstić information content (AvgIpc) is 2.71. The van der Waals surface area contributed by atoms with Crippen molar-refractivity contribution >= 4 is 43.3 Å². The second-order valence-corrected chi connectivity index (χ2v) is 7.40. The molecule has 1 heterocycles. The number of carbonyl (C=O) groups excluding carboxylic acids is 2. The highest BCUT2D eigenvalue weighted by molar-refractivity contribution is 9.10. The van der Waals surface area contributed by atoms with E-state index in [1.165, 1.54) is 11.8 Å². The molecule has 2 N–H and O–H groups in total. The van der Waals surface area contributed by atoms with Crippen LogP contribution in [0.3, 0.4) is 0 Å². The van der Waals surface area contributed by atoms with Gasteiger partial charge < -0.3 is 4.90 Å². The lowest BCUT2D eigenvalue weighted by atomic mass is 10.1. The predicted molar refractivity (Wildman–Crippen MR) is 78.0 cm³/mol. The van der Waals surface area contributed by atoms with Crippen molar-refractivity contribution in [1.82, 2.24) is 0 Å². The minimum Gasteiger partial charge on any atom is -0.310 e. The van der Waals surface area contributed by atoms with E-state index in [2.05, 4.69) is 15.9 Å². The molecule has 1 aliphatic heterocycles. The van der Waals surface area contributed by atoms with Gasteiger partial charge in [0.15, 0.2) is 5.78 Å². The van der Waals surface area contributed by atoms with Crippen molar-refractivity contribution in [2.24, 2.45) is 5.14 Å². The summed E-state index contributed by atoms with van der Waals surface area (Å²) in [5.74, 6) is -0.554. The number of halogens is 1. The molecule has 0 saturated carbocycles. The summed E-state index contributed by atoms with van der Waals surface area (Å²) in [7, 11) is -3.77. The Hall–Kier alpha value is -1.25. The van der Waals surface area contributed by atoms with Crippen LogP contribution in [0.25, 0.3) is 0 Å². The maximum Gasteiger partial charge on any atom is 0.228 e. The predicted octanol–water partition coefficient (Wildman–Crippen LogP) is 1.05. The standard InChI is InChI=1S/C12H13BrN2O4S/c1-7(16)10-4-8(13)2-3-11(10)15-6-9(5-12(15)17)20(14,18)19/h2-4,9H,5-6H2,1H3,(H2,14,18,19). The Morgan fingerprint density at radius 3 is 2.60 bits per heavy atom. The van der Waals surface area contributed by atoms with Crippen molar-refractivity contribution in [1.29, 1.82) is 0 Å². The van der Waals surface area contributed by atoms with Crippen LogP contribution in [0.15, 0.2) is 22.7 Å². The van der Waals surface area contributed by atoms with E-state index < -0.39 is 15.3 Å². The number of primary sulfonamides is 1. The fourth-order valence-electron chi connectivity index (χ4n) is 2.15. The van der Waals surface area contributed by atoms with E-state index >= 15 is 0 Å². The van der Waals surface area contributed by atoms with Crippen LogP contribution in [0, 0.1) is 0 Å². The molecule has 1 unspecified atom stereocenters. The van der Waals surface area contributed by atoms with Crippen LogP contribution in [0.5, 0.6) is 0 Å². The number of ketones is 1. The van der Waals surface area contributed by atoms with Crippen LogP contribution in [-0.4, -0.2) is 31.9 Å². The second kappa shape index (κ2) is 5.27. The molecule has 0 aromatic heterocycles. The molecule has 1 amide bonds. The summed E-state index contributed by atoms with van der Waals surface area (Å²) in [5.41, 5.74) is 0.777. The Balaban J connectivity index is 2.43. The molecule has 0 spiro atoms. The minimum atomic E-state index is -3.77. The molecule has 1 fully saturated rings. The van der Waals surface area contributed by atoms with Gasteiger partial charge in [-0.1, -0.05) is 15.9 Å². The van der Waals surface area contributed by atoms with Crippen LogP contribution in [-0.2, 0) is 14.8 Å². The number of rotatable bonds is 3. The zero-order chi connectivity index (χ0) is 15.1. The summed E-state index contributed by atoms with van der Waals surface area (Å²) in [6.45, 7) is 1.36. The number of benzene rings is 1. The molecule has 1 aromatic rings. The lowest BCUT2D eigenvalue weighted by molar-refractivity contribution is -0.117. The normalized spacial score (nSPS) is 19.4. The molecule has 0 aliphatic carbocycles. The Kier molecular flexibility index (Phi) is 3.99. The molecular weight excluding hydrogens is 348 g/mol. The maximum absolute atomic E-state index is 12.0. The zero-order valence-electron chi connectivity index (χ0n) is 10.7. The maximum atomic E-state index is 12.0. The van der Waals surface area contributed by atoms with Crippen molar-refractivity contribution in [3.8, 4) is 0 Å². The van der Waals surface area contributed by atoms with Gasteiger partial charge in [-0.05, 0) is 25.1 Å². The SMILES string of the molecule is CC(=O)c1cc(Br)ccc1N1CC(S(N)(=O)=O)CC1=O. The zero-order valence-corrected chi connectivity index (χ0v) is 13.1. The van der Waals surface area contributed by atoms with Gasteiger partial charge in [-0.15, -0.1) is 0 Å². The first-order valence-corrected chi connectivity index (χ1v) is 8.23. The Bertz CT molecular complexity index is 687. The van der Waals surface area contributed by atoms with E-state index in [1.54, 1.807) is 18.2 Å². The number of amides is 1. The van der Waals surface area contributed by atoms with Gasteiger partial charge in [0.25, 0.3) is 0 Å². The molecule has 1 atom stereocenters. The summed E-state index contributed by atoms with van der Waals surface area (Å²) >= 11 is 3.26. The van der Waals surface area contributed by atoms with Crippen LogP contribution >= 0.6 is 15.9 Å². The number of anilines is 1. The number of carbonyl (C=O) groups is 2. The summed E-state index contributed by atoms with van der Waals surface area (Å²) in [6.07, 6.45) is -0.160. The third-order valence-corrected chi connectivity index (χ3v) is 4.92. The number of nitrogens with two attached hydrogens (primary N) is 1. The first-order chi connectivity index (χ1) is 9.20. The third-order valence-electron chi connectivity index (χ3n) is 3.18. The van der Waals surface area contributed by atoms with E-state index in [4.69, 9.17) is 5.14 Å². The first-order valence-electron chi connectivity index (χ1n) is 5.82. The molecule has 0 bridgehead atoms. The highest BCUT2D eigenvalue weighted by atomic mass is 79.9. The van der Waals surface area contributed by atoms with Crippen molar-refractivity contribution in [3.05, 3.63) is 28.2 Å². The second-order valence-electron chi connectivity index (χ2n) is 4.64. The van der Waals surface area contributed by atoms with Gasteiger partial charge in [0.2, 0.25) is 15.9 Å². The largest absolute Gasteiger partial charge is 0.310 e. The van der Waals surface area contributed by atoms with E-state index in [1.807, 2.05) is 0 Å². The number of sulfonamides is 1. The Labute approximate surface area is 125 Å². The van der Waals surface area contributed by atoms with E-state index in [0.717, 1.165) is 0 Å². The van der Waals surface area contributed by atoms with Gasteiger partial charge in [-0.3, -0.25) is 9.59 Å². The Morgan fingerprint density at radius 2 is 2.10 bits per heavy atom. The van der Waals surface area contributed by atoms with Gasteiger partial charge >= 0.3 is 0 Å². The van der Waals surface area contributed by atoms with Crippen LogP contribution < -0.4 is 10.0 Å². The molecule has 1 saturated heterocycles. The van der Waals surface area contributed by atoms with Gasteiger partial charge in [-0.25, -0.2) is 13.6 Å². The topological polar surface area (TPSA) is 97.5 Å². The number of hydrogen-bond acceptors (Lipinski definition) is 4. The van der Waals surface area contributed by atoms with Crippen LogP contribution in [0.1, 0.15) is 23.7 Å². The molecule has 8 heteroatoms. The number of hydrogen-bond donors (Lipinski definition) is 1. The molecule has 6 nitrogen and oxygen atoms in total. The quantitative estimate of drug-likeness (QED) is 0.814. The highest BCUT2D eigenvalue weighted by Crippen LogP contribution is 2.30. The molecule has 1 aliphatic rings. The average molecular weight is 361 g/mol. The fourth-order valence-corrected chi connectivity index (χ4v) is 3.25. The fraction of sp³-hybridized carbons (Fsp3) is 0.333. The summed E-state index contributed by atoms with van der Waals surface area (Å²) in [4.78, 5) is 24.9. The van der Waals surface area contributed by atoms with E-state index in [0.29, 0.717) is 15.7 Å². The number of Topliss-reactive ketones (excluding diaryl/α,β-unsaturated/α-hetero) is 1. The van der Waals surface area contributed by atoms with Crippen molar-refractivity contribution in [2.75, 3.05) is 11.4 Å². The number of nitrogens with zero attached hydrogens (tertiary/aromatic N) is 1. The van der Waals surface area contributed by atoms with Gasteiger partial charge in [0.1, 0.15) is 5.25 Å². The monoisotopic (exact) mass is 360 g/mol. The molecule has 108 valence electrons. The lowest BCUT2D eigenvalue weighted by Crippen LogP contribution is -2.32. The molecule has 0 radical (unpaired) electrons. The van der Waals surface area contributed by atoms with Crippen LogP contribution in [0.2, 0.25) is 0 Å². The van der Waals surface area contributed by atoms with Crippen LogP contribution in [0.4, 0.5) is 5.69 Å². The first kappa shape index (κ1) is 15.1. The smallest absolute Gasteiger partial charge is 0.228 e. The third kappa shape index (κ3) is 2.92. The lowest BCUT2D eigenvalue weighted by Gasteiger charge is -2.19. The summed E-state index contributed by atoms with van der Waals surface area (Å²) in [6, 6.07) is 4.92. The van der Waals surface area contributed by atoms with Gasteiger partial charge in [0, 0.05) is 23.0 Å². The van der Waals surface area contributed by atoms with E-state index in [-0.39, 0.29) is 24.7 Å². The minimum absolute atomic E-state index is 0.0282. The highest BCUT2D eigenvalue weighted by Gasteiger charge is 2.38. The molecule has 20 heavy (non-hydrogen) atoms. The summed E-state index contributed by atoms with van der Waals surface area (Å²) in [5, 5.41) is 4.15. The van der Waals surface area contributed by atoms with Crippen molar-refractivity contribution in [2.45, 2.75) is 18.6 Å². The van der Waals surface area contributed by atoms with Crippen molar-refractivity contribution < 1.29 is 18.0 Å². The van der Waals surface area contributed by atoms with Gasteiger partial charge in [0.05, 0.1) is 5.69 Å². The van der Waals surface area contributed by atoms with Gasteiger partial charge in [-0.2, -0.15) is 0 Å². The summed E-state index contributed by atoms with van der Waals surface area (Å²) < 4.78 is 23.4. The van der Waals surface area contributed by atoms with E-state index in [9.17, 15) is 18.0 Å². The molecule has 1 aromatic carbocycles.